The Morgan fingerprint density at radius 1 is 1.33 bits per heavy atom. The van der Waals surface area contributed by atoms with Crippen LogP contribution in [-0.2, 0) is 4.79 Å². The smallest absolute Gasteiger partial charge is 0.233 e. The van der Waals surface area contributed by atoms with E-state index >= 15 is 0 Å². The van der Waals surface area contributed by atoms with Gasteiger partial charge >= 0.3 is 0 Å². The summed E-state index contributed by atoms with van der Waals surface area (Å²) in [5.41, 5.74) is 0. The van der Waals surface area contributed by atoms with E-state index in [1.165, 1.54) is 43.9 Å². The average molecular weight is 308 g/mol. The SMILES string of the molecule is CC1CCCN(C(=O)CSc2n[nH]c(C3CCCC3)n2)C1. The minimum Gasteiger partial charge on any atom is -0.342 e. The van der Waals surface area contributed by atoms with Gasteiger partial charge in [0.1, 0.15) is 5.82 Å². The second-order valence-corrected chi connectivity index (χ2v) is 7.30. The number of nitrogens with one attached hydrogen (secondary N) is 1. The van der Waals surface area contributed by atoms with Crippen LogP contribution in [0.3, 0.4) is 0 Å². The number of thioether (sulfide) groups is 1. The van der Waals surface area contributed by atoms with Gasteiger partial charge < -0.3 is 4.90 Å². The normalized spacial score (nSPS) is 23.7. The van der Waals surface area contributed by atoms with E-state index < -0.39 is 0 Å². The second kappa shape index (κ2) is 6.81. The molecule has 0 bridgehead atoms. The van der Waals surface area contributed by atoms with E-state index in [0.29, 0.717) is 17.6 Å². The van der Waals surface area contributed by atoms with E-state index in [1.54, 1.807) is 0 Å². The van der Waals surface area contributed by atoms with Gasteiger partial charge in [-0.25, -0.2) is 4.98 Å². The molecular weight excluding hydrogens is 284 g/mol. The van der Waals surface area contributed by atoms with Crippen molar-refractivity contribution in [3.63, 3.8) is 0 Å². The number of piperidine rings is 1. The number of carbonyl (C=O) groups excluding carboxylic acids is 1. The van der Waals surface area contributed by atoms with Crippen LogP contribution in [0.2, 0.25) is 0 Å². The molecule has 1 aliphatic carbocycles. The maximum atomic E-state index is 12.2. The lowest BCUT2D eigenvalue weighted by Crippen LogP contribution is -2.40. The summed E-state index contributed by atoms with van der Waals surface area (Å²) in [5, 5.41) is 8.02. The zero-order chi connectivity index (χ0) is 14.7. The molecule has 0 radical (unpaired) electrons. The van der Waals surface area contributed by atoms with Gasteiger partial charge in [-0.15, -0.1) is 5.10 Å². The fourth-order valence-corrected chi connectivity index (χ4v) is 4.05. The van der Waals surface area contributed by atoms with Gasteiger partial charge in [-0.1, -0.05) is 31.5 Å². The van der Waals surface area contributed by atoms with Crippen molar-refractivity contribution in [2.24, 2.45) is 5.92 Å². The minimum absolute atomic E-state index is 0.221. The molecule has 2 heterocycles. The van der Waals surface area contributed by atoms with Crippen LogP contribution in [-0.4, -0.2) is 44.8 Å². The van der Waals surface area contributed by atoms with E-state index in [1.807, 2.05) is 4.90 Å². The molecule has 1 saturated heterocycles. The van der Waals surface area contributed by atoms with Crippen LogP contribution in [0, 0.1) is 5.92 Å². The molecule has 1 aromatic rings. The van der Waals surface area contributed by atoms with Crippen molar-refractivity contribution >= 4 is 17.7 Å². The highest BCUT2D eigenvalue weighted by Crippen LogP contribution is 2.32. The Morgan fingerprint density at radius 2 is 2.14 bits per heavy atom. The lowest BCUT2D eigenvalue weighted by molar-refractivity contribution is -0.130. The molecular formula is C15H24N4OS. The summed E-state index contributed by atoms with van der Waals surface area (Å²) in [4.78, 5) is 18.8. The Bertz CT molecular complexity index is 484. The van der Waals surface area contributed by atoms with Crippen LogP contribution >= 0.6 is 11.8 Å². The molecule has 21 heavy (non-hydrogen) atoms. The fraction of sp³-hybridized carbons (Fsp3) is 0.800. The molecule has 1 saturated carbocycles. The number of aromatic nitrogens is 3. The Hall–Kier alpha value is -1.04. The van der Waals surface area contributed by atoms with Crippen molar-refractivity contribution in [3.05, 3.63) is 5.82 Å². The first kappa shape index (κ1) is 14.9. The first-order valence-corrected chi connectivity index (χ1v) is 9.04. The van der Waals surface area contributed by atoms with Gasteiger partial charge in [0.2, 0.25) is 11.1 Å². The third kappa shape index (κ3) is 3.78. The average Bonchev–Trinajstić information content (AvgIpc) is 3.15. The number of amides is 1. The van der Waals surface area contributed by atoms with Crippen molar-refractivity contribution < 1.29 is 4.79 Å². The maximum absolute atomic E-state index is 12.2. The Kier molecular flexibility index (Phi) is 4.83. The molecule has 5 nitrogen and oxygen atoms in total. The predicted octanol–water partition coefficient (Wildman–Crippen LogP) is 2.81. The lowest BCUT2D eigenvalue weighted by Gasteiger charge is -2.30. The molecule has 3 rings (SSSR count). The molecule has 1 aliphatic heterocycles. The third-order valence-electron chi connectivity index (χ3n) is 4.56. The predicted molar refractivity (Wildman–Crippen MR) is 83.3 cm³/mol. The maximum Gasteiger partial charge on any atom is 0.233 e. The second-order valence-electron chi connectivity index (χ2n) is 6.36. The summed E-state index contributed by atoms with van der Waals surface area (Å²) < 4.78 is 0. The molecule has 1 amide bonds. The zero-order valence-electron chi connectivity index (χ0n) is 12.7. The molecule has 2 fully saturated rings. The van der Waals surface area contributed by atoms with Crippen LogP contribution in [0.1, 0.15) is 57.2 Å². The summed E-state index contributed by atoms with van der Waals surface area (Å²) >= 11 is 1.46. The van der Waals surface area contributed by atoms with Crippen molar-refractivity contribution in [2.45, 2.75) is 56.5 Å². The first-order chi connectivity index (χ1) is 10.2. The molecule has 116 valence electrons. The van der Waals surface area contributed by atoms with Crippen LogP contribution in [0.5, 0.6) is 0 Å². The van der Waals surface area contributed by atoms with E-state index in [4.69, 9.17) is 0 Å². The van der Waals surface area contributed by atoms with Crippen molar-refractivity contribution in [3.8, 4) is 0 Å². The molecule has 1 atom stereocenters. The number of carbonyl (C=O) groups is 1. The van der Waals surface area contributed by atoms with Crippen LogP contribution in [0.15, 0.2) is 5.16 Å². The van der Waals surface area contributed by atoms with Crippen molar-refractivity contribution in [1.82, 2.24) is 20.1 Å². The van der Waals surface area contributed by atoms with E-state index in [0.717, 1.165) is 30.5 Å². The van der Waals surface area contributed by atoms with Gasteiger partial charge in [-0.3, -0.25) is 9.89 Å². The largest absolute Gasteiger partial charge is 0.342 e. The monoisotopic (exact) mass is 308 g/mol. The highest BCUT2D eigenvalue weighted by Gasteiger charge is 2.23. The van der Waals surface area contributed by atoms with E-state index in [9.17, 15) is 4.79 Å². The highest BCUT2D eigenvalue weighted by molar-refractivity contribution is 7.99. The summed E-state index contributed by atoms with van der Waals surface area (Å²) in [6, 6.07) is 0. The highest BCUT2D eigenvalue weighted by atomic mass is 32.2. The molecule has 0 spiro atoms. The Morgan fingerprint density at radius 3 is 2.90 bits per heavy atom. The number of likely N-dealkylation sites (tertiary alicyclic amines) is 1. The van der Waals surface area contributed by atoms with Crippen LogP contribution in [0.4, 0.5) is 0 Å². The van der Waals surface area contributed by atoms with E-state index in [2.05, 4.69) is 22.1 Å². The standard InChI is InChI=1S/C15H24N4OS/c1-11-5-4-8-19(9-11)13(20)10-21-15-16-14(17-18-15)12-6-2-3-7-12/h11-12H,2-10H2,1H3,(H,16,17,18). The number of rotatable bonds is 4. The zero-order valence-corrected chi connectivity index (χ0v) is 13.5. The quantitative estimate of drug-likeness (QED) is 0.869. The number of nitrogens with zero attached hydrogens (tertiary/aromatic N) is 3. The van der Waals surface area contributed by atoms with Gasteiger partial charge in [0.05, 0.1) is 5.75 Å². The summed E-state index contributed by atoms with van der Waals surface area (Å²) in [7, 11) is 0. The number of aromatic amines is 1. The Balaban J connectivity index is 1.49. The molecule has 1 aromatic heterocycles. The van der Waals surface area contributed by atoms with Gasteiger partial charge in [0.25, 0.3) is 0 Å². The summed E-state index contributed by atoms with van der Waals surface area (Å²) in [5.74, 6) is 2.86. The molecule has 1 unspecified atom stereocenters. The number of hydrogen-bond donors (Lipinski definition) is 1. The summed E-state index contributed by atoms with van der Waals surface area (Å²) in [6.45, 7) is 4.03. The van der Waals surface area contributed by atoms with Gasteiger partial charge in [0.15, 0.2) is 0 Å². The molecule has 2 aliphatic rings. The van der Waals surface area contributed by atoms with Crippen LogP contribution in [0.25, 0.3) is 0 Å². The number of hydrogen-bond acceptors (Lipinski definition) is 4. The Labute approximate surface area is 130 Å². The van der Waals surface area contributed by atoms with Crippen molar-refractivity contribution in [1.29, 1.82) is 0 Å². The fourth-order valence-electron chi connectivity index (χ4n) is 3.34. The van der Waals surface area contributed by atoms with E-state index in [-0.39, 0.29) is 5.91 Å². The topological polar surface area (TPSA) is 61.9 Å². The van der Waals surface area contributed by atoms with Gasteiger partial charge in [-0.05, 0) is 31.6 Å². The first-order valence-electron chi connectivity index (χ1n) is 8.05. The van der Waals surface area contributed by atoms with Crippen molar-refractivity contribution in [2.75, 3.05) is 18.8 Å². The van der Waals surface area contributed by atoms with Gasteiger partial charge in [0, 0.05) is 19.0 Å². The van der Waals surface area contributed by atoms with Gasteiger partial charge in [-0.2, -0.15) is 0 Å². The summed E-state index contributed by atoms with van der Waals surface area (Å²) in [6.07, 6.45) is 7.37. The molecule has 0 aromatic carbocycles. The van der Waals surface area contributed by atoms with Crippen LogP contribution < -0.4 is 0 Å². The third-order valence-corrected chi connectivity index (χ3v) is 5.39. The minimum atomic E-state index is 0.221. The number of H-pyrrole nitrogens is 1. The molecule has 1 N–H and O–H groups in total. The lowest BCUT2D eigenvalue weighted by atomic mass is 10.0. The molecule has 6 heteroatoms.